The lowest BCUT2D eigenvalue weighted by molar-refractivity contribution is -0.0273. The Morgan fingerprint density at radius 3 is 2.62 bits per heavy atom. The van der Waals surface area contributed by atoms with Crippen LogP contribution in [-0.2, 0) is 0 Å². The van der Waals surface area contributed by atoms with Gasteiger partial charge in [0.15, 0.2) is 0 Å². The van der Waals surface area contributed by atoms with E-state index in [0.717, 1.165) is 6.42 Å². The second-order valence-corrected chi connectivity index (χ2v) is 4.75. The van der Waals surface area contributed by atoms with E-state index in [4.69, 9.17) is 0 Å². The van der Waals surface area contributed by atoms with Gasteiger partial charge in [-0.15, -0.1) is 6.58 Å². The molecule has 74 valence electrons. The molecule has 0 spiro atoms. The second-order valence-electron chi connectivity index (χ2n) is 4.75. The smallest absolute Gasteiger partial charge is 0.0576 e. The van der Waals surface area contributed by atoms with Crippen LogP contribution in [0.5, 0.6) is 0 Å². The molecule has 0 saturated heterocycles. The Bertz CT molecular complexity index is 195. The van der Waals surface area contributed by atoms with E-state index in [1.165, 1.54) is 38.5 Å². The predicted molar refractivity (Wildman–Crippen MR) is 54.4 cm³/mol. The lowest BCUT2D eigenvalue weighted by atomic mass is 9.58. The van der Waals surface area contributed by atoms with E-state index in [0.29, 0.717) is 11.3 Å². The third-order valence-electron chi connectivity index (χ3n) is 4.16. The van der Waals surface area contributed by atoms with Gasteiger partial charge in [0.1, 0.15) is 0 Å². The van der Waals surface area contributed by atoms with Crippen LogP contribution < -0.4 is 0 Å². The van der Waals surface area contributed by atoms with Crippen molar-refractivity contribution in [1.82, 2.24) is 0 Å². The molecule has 2 aliphatic carbocycles. The molecule has 0 aliphatic heterocycles. The van der Waals surface area contributed by atoms with Gasteiger partial charge < -0.3 is 5.11 Å². The van der Waals surface area contributed by atoms with E-state index in [1.54, 1.807) is 0 Å². The largest absolute Gasteiger partial charge is 0.393 e. The lowest BCUT2D eigenvalue weighted by Gasteiger charge is -2.48. The van der Waals surface area contributed by atoms with E-state index in [9.17, 15) is 5.11 Å². The van der Waals surface area contributed by atoms with Gasteiger partial charge in [0.2, 0.25) is 0 Å². The molecule has 0 unspecified atom stereocenters. The van der Waals surface area contributed by atoms with Gasteiger partial charge in [-0.2, -0.15) is 0 Å². The van der Waals surface area contributed by atoms with Crippen molar-refractivity contribution in [3.8, 4) is 0 Å². The highest BCUT2D eigenvalue weighted by atomic mass is 16.3. The molecule has 0 aromatic heterocycles. The Morgan fingerprint density at radius 1 is 1.15 bits per heavy atom. The minimum absolute atomic E-state index is 0.0490. The highest BCUT2D eigenvalue weighted by molar-refractivity contribution is 5.05. The molecular weight excluding hydrogens is 160 g/mol. The second kappa shape index (κ2) is 3.45. The summed E-state index contributed by atoms with van der Waals surface area (Å²) in [7, 11) is 0. The van der Waals surface area contributed by atoms with Crippen LogP contribution in [0.1, 0.15) is 44.9 Å². The zero-order valence-corrected chi connectivity index (χ0v) is 8.34. The lowest BCUT2D eigenvalue weighted by Crippen LogP contribution is -2.42. The summed E-state index contributed by atoms with van der Waals surface area (Å²) in [4.78, 5) is 0. The third-order valence-corrected chi connectivity index (χ3v) is 4.16. The molecule has 1 nitrogen and oxygen atoms in total. The van der Waals surface area contributed by atoms with Crippen molar-refractivity contribution >= 4 is 0 Å². The minimum atomic E-state index is -0.0490. The van der Waals surface area contributed by atoms with Crippen LogP contribution >= 0.6 is 0 Å². The van der Waals surface area contributed by atoms with Crippen LogP contribution in [0.15, 0.2) is 12.7 Å². The van der Waals surface area contributed by atoms with Gasteiger partial charge in [-0.05, 0) is 43.4 Å². The summed E-state index contributed by atoms with van der Waals surface area (Å²) in [5.74, 6) is 0.521. The maximum Gasteiger partial charge on any atom is 0.0576 e. The fourth-order valence-corrected chi connectivity index (χ4v) is 3.37. The number of aliphatic hydroxyl groups is 1. The van der Waals surface area contributed by atoms with Gasteiger partial charge >= 0.3 is 0 Å². The zero-order valence-electron chi connectivity index (χ0n) is 8.34. The van der Waals surface area contributed by atoms with Crippen molar-refractivity contribution in [2.24, 2.45) is 11.3 Å². The summed E-state index contributed by atoms with van der Waals surface area (Å²) in [5, 5.41) is 9.95. The Balaban J connectivity index is 2.20. The van der Waals surface area contributed by atoms with E-state index < -0.39 is 0 Å². The van der Waals surface area contributed by atoms with Crippen molar-refractivity contribution < 1.29 is 5.11 Å². The molecule has 0 bridgehead atoms. The average molecular weight is 180 g/mol. The third kappa shape index (κ3) is 1.43. The number of fused-ring (bicyclic) bond motifs is 1. The molecule has 2 rings (SSSR count). The number of allylic oxidation sites excluding steroid dienone is 1. The summed E-state index contributed by atoms with van der Waals surface area (Å²) < 4.78 is 0. The molecule has 2 fully saturated rings. The van der Waals surface area contributed by atoms with E-state index >= 15 is 0 Å². The summed E-state index contributed by atoms with van der Waals surface area (Å²) in [6.07, 6.45) is 10.7. The van der Waals surface area contributed by atoms with Gasteiger partial charge in [0.05, 0.1) is 6.10 Å². The predicted octanol–water partition coefficient (Wildman–Crippen LogP) is 2.89. The number of aliphatic hydroxyl groups excluding tert-OH is 1. The number of rotatable bonds is 1. The van der Waals surface area contributed by atoms with Gasteiger partial charge in [-0.25, -0.2) is 0 Å². The van der Waals surface area contributed by atoms with Crippen molar-refractivity contribution in [2.45, 2.75) is 51.0 Å². The van der Waals surface area contributed by atoms with Crippen LogP contribution in [0.4, 0.5) is 0 Å². The van der Waals surface area contributed by atoms with Crippen molar-refractivity contribution in [3.05, 3.63) is 12.7 Å². The number of hydrogen-bond acceptors (Lipinski definition) is 1. The number of hydrogen-bond donors (Lipinski definition) is 1. The normalized spacial score (nSPS) is 45.3. The summed E-state index contributed by atoms with van der Waals surface area (Å²) in [6.45, 7) is 3.98. The monoisotopic (exact) mass is 180 g/mol. The van der Waals surface area contributed by atoms with Crippen molar-refractivity contribution in [1.29, 1.82) is 0 Å². The molecule has 0 aromatic carbocycles. The van der Waals surface area contributed by atoms with Crippen LogP contribution in [0.25, 0.3) is 0 Å². The Hall–Kier alpha value is -0.300. The highest BCUT2D eigenvalue weighted by Gasteiger charge is 2.43. The fraction of sp³-hybridized carbons (Fsp3) is 0.833. The van der Waals surface area contributed by atoms with E-state index in [1.807, 2.05) is 0 Å². The van der Waals surface area contributed by atoms with Crippen molar-refractivity contribution in [2.75, 3.05) is 0 Å². The highest BCUT2D eigenvalue weighted by Crippen LogP contribution is 2.51. The molecule has 13 heavy (non-hydrogen) atoms. The molecule has 0 amide bonds. The van der Waals surface area contributed by atoms with Crippen molar-refractivity contribution in [3.63, 3.8) is 0 Å². The first-order valence-corrected chi connectivity index (χ1v) is 5.60. The zero-order chi connectivity index (χ0) is 9.31. The molecule has 2 saturated carbocycles. The summed E-state index contributed by atoms with van der Waals surface area (Å²) >= 11 is 0. The quantitative estimate of drug-likeness (QED) is 0.615. The van der Waals surface area contributed by atoms with E-state index in [-0.39, 0.29) is 6.10 Å². The Kier molecular flexibility index (Phi) is 2.46. The average Bonchev–Trinajstić information content (AvgIpc) is 2.18. The first-order chi connectivity index (χ1) is 6.28. The minimum Gasteiger partial charge on any atom is -0.393 e. The van der Waals surface area contributed by atoms with E-state index in [2.05, 4.69) is 12.7 Å². The molecule has 0 radical (unpaired) electrons. The standard InChI is InChI=1S/C12H20O/c1-2-12-8-4-3-6-10(12)11(13)7-5-9-12/h2,10-11,13H,1,3-9H2/t10-,11-,12-/m0/s1. The topological polar surface area (TPSA) is 20.2 Å². The van der Waals surface area contributed by atoms with Gasteiger partial charge in [-0.3, -0.25) is 0 Å². The molecule has 2 aliphatic rings. The molecule has 0 aromatic rings. The van der Waals surface area contributed by atoms with Crippen LogP contribution in [-0.4, -0.2) is 11.2 Å². The van der Waals surface area contributed by atoms with Gasteiger partial charge in [0, 0.05) is 0 Å². The molecular formula is C12H20O. The maximum atomic E-state index is 9.95. The summed E-state index contributed by atoms with van der Waals surface area (Å²) in [5.41, 5.74) is 0.302. The molecule has 1 heteroatoms. The Morgan fingerprint density at radius 2 is 1.92 bits per heavy atom. The fourth-order valence-electron chi connectivity index (χ4n) is 3.37. The first kappa shape index (κ1) is 9.26. The van der Waals surface area contributed by atoms with Gasteiger partial charge in [0.25, 0.3) is 0 Å². The maximum absolute atomic E-state index is 9.95. The Labute approximate surface area is 80.8 Å². The molecule has 3 atom stereocenters. The molecule has 1 N–H and O–H groups in total. The van der Waals surface area contributed by atoms with Crippen LogP contribution in [0.3, 0.4) is 0 Å². The van der Waals surface area contributed by atoms with Crippen LogP contribution in [0, 0.1) is 11.3 Å². The summed E-state index contributed by atoms with van der Waals surface area (Å²) in [6, 6.07) is 0. The molecule has 0 heterocycles. The van der Waals surface area contributed by atoms with Crippen LogP contribution in [0.2, 0.25) is 0 Å². The SMILES string of the molecule is C=C[C@@]12CCCC[C@H]1[C@@H](O)CCC2. The van der Waals surface area contributed by atoms with Gasteiger partial charge in [-0.1, -0.05) is 18.9 Å². The first-order valence-electron chi connectivity index (χ1n) is 5.60.